The summed E-state index contributed by atoms with van der Waals surface area (Å²) in [5.41, 5.74) is 0.480. The zero-order valence-electron chi connectivity index (χ0n) is 9.53. The fraction of sp³-hybridized carbons (Fsp3) is 0.167. The van der Waals surface area contributed by atoms with Gasteiger partial charge in [0.15, 0.2) is 0 Å². The molecular formula is C12H10N2O4. The molecule has 0 aliphatic heterocycles. The largest absolute Gasteiger partial charge is 0.481 e. The van der Waals surface area contributed by atoms with Gasteiger partial charge in [-0.3, -0.25) is 14.9 Å². The highest BCUT2D eigenvalue weighted by atomic mass is 16.6. The number of nitro groups is 1. The van der Waals surface area contributed by atoms with E-state index in [1.807, 2.05) is 0 Å². The molecule has 6 heteroatoms. The van der Waals surface area contributed by atoms with E-state index in [1.165, 1.54) is 6.92 Å². The number of hydrogen-bond donors (Lipinski definition) is 1. The summed E-state index contributed by atoms with van der Waals surface area (Å²) in [6.45, 7) is 1.43. The van der Waals surface area contributed by atoms with Crippen LogP contribution < -0.4 is 0 Å². The van der Waals surface area contributed by atoms with Crippen molar-refractivity contribution >= 4 is 22.6 Å². The first-order chi connectivity index (χ1) is 8.52. The van der Waals surface area contributed by atoms with Crippen molar-refractivity contribution in [2.45, 2.75) is 12.8 Å². The molecule has 0 saturated heterocycles. The van der Waals surface area contributed by atoms with Gasteiger partial charge < -0.3 is 5.11 Å². The number of aromatic nitrogens is 1. The molecule has 6 nitrogen and oxygen atoms in total. The molecular weight excluding hydrogens is 236 g/mol. The van der Waals surface area contributed by atoms with Crippen LogP contribution in [0.5, 0.6) is 0 Å². The number of para-hydroxylation sites is 1. The molecule has 1 unspecified atom stereocenters. The highest BCUT2D eigenvalue weighted by molar-refractivity contribution is 5.91. The van der Waals surface area contributed by atoms with E-state index in [9.17, 15) is 14.9 Å². The molecule has 2 aromatic rings. The molecule has 1 aromatic carbocycles. The number of fused-ring (bicyclic) bond motifs is 1. The number of benzene rings is 1. The lowest BCUT2D eigenvalue weighted by Gasteiger charge is -2.10. The number of carbonyl (C=O) groups is 1. The van der Waals surface area contributed by atoms with Crippen molar-refractivity contribution in [3.8, 4) is 0 Å². The molecule has 1 heterocycles. The minimum absolute atomic E-state index is 0.193. The average Bonchev–Trinajstić information content (AvgIpc) is 2.36. The number of nitrogens with zero attached hydrogens (tertiary/aromatic N) is 2. The minimum Gasteiger partial charge on any atom is -0.481 e. The lowest BCUT2D eigenvalue weighted by molar-refractivity contribution is -0.385. The topological polar surface area (TPSA) is 93.3 Å². The first-order valence-corrected chi connectivity index (χ1v) is 5.27. The van der Waals surface area contributed by atoms with Gasteiger partial charge in [0.2, 0.25) is 0 Å². The number of carboxylic acid groups (broad SMARTS) is 1. The molecule has 0 aliphatic carbocycles. The van der Waals surface area contributed by atoms with Crippen LogP contribution in [-0.4, -0.2) is 21.0 Å². The molecule has 1 N–H and O–H groups in total. The summed E-state index contributed by atoms with van der Waals surface area (Å²) in [5.74, 6) is -2.06. The van der Waals surface area contributed by atoms with E-state index in [1.54, 1.807) is 24.3 Å². The Morgan fingerprint density at radius 2 is 2.11 bits per heavy atom. The normalized spacial score (nSPS) is 12.3. The molecule has 0 spiro atoms. The molecule has 0 saturated carbocycles. The molecule has 18 heavy (non-hydrogen) atoms. The van der Waals surface area contributed by atoms with Gasteiger partial charge in [-0.1, -0.05) is 18.2 Å². The number of hydrogen-bond acceptors (Lipinski definition) is 4. The van der Waals surface area contributed by atoms with E-state index in [0.717, 1.165) is 6.20 Å². The SMILES string of the molecule is CC(C(=O)O)c1c([N+](=O)[O-])cnc2ccccc12. The van der Waals surface area contributed by atoms with E-state index in [4.69, 9.17) is 5.11 Å². The third-order valence-electron chi connectivity index (χ3n) is 2.80. The maximum atomic E-state index is 11.1. The van der Waals surface area contributed by atoms with Gasteiger partial charge in [-0.05, 0) is 13.0 Å². The summed E-state index contributed by atoms with van der Waals surface area (Å²) in [6.07, 6.45) is 1.11. The van der Waals surface area contributed by atoms with Gasteiger partial charge in [-0.25, -0.2) is 4.98 Å². The Hall–Kier alpha value is -2.50. The predicted octanol–water partition coefficient (Wildman–Crippen LogP) is 2.33. The Labute approximate surface area is 102 Å². The second-order valence-corrected chi connectivity index (χ2v) is 3.89. The van der Waals surface area contributed by atoms with E-state index < -0.39 is 16.8 Å². The number of aliphatic carboxylic acids is 1. The highest BCUT2D eigenvalue weighted by Gasteiger charge is 2.26. The average molecular weight is 246 g/mol. The molecule has 0 amide bonds. The smallest absolute Gasteiger partial charge is 0.310 e. The van der Waals surface area contributed by atoms with Crippen LogP contribution in [0.3, 0.4) is 0 Å². The first kappa shape index (κ1) is 12.0. The van der Waals surface area contributed by atoms with Gasteiger partial charge in [-0.2, -0.15) is 0 Å². The molecule has 92 valence electrons. The van der Waals surface area contributed by atoms with E-state index >= 15 is 0 Å². The fourth-order valence-corrected chi connectivity index (χ4v) is 1.88. The van der Waals surface area contributed by atoms with Crippen molar-refractivity contribution < 1.29 is 14.8 Å². The fourth-order valence-electron chi connectivity index (χ4n) is 1.88. The Bertz CT molecular complexity index is 639. The predicted molar refractivity (Wildman–Crippen MR) is 64.4 cm³/mol. The van der Waals surface area contributed by atoms with Gasteiger partial charge in [-0.15, -0.1) is 0 Å². The van der Waals surface area contributed by atoms with Crippen LogP contribution >= 0.6 is 0 Å². The Morgan fingerprint density at radius 3 is 2.72 bits per heavy atom. The Balaban J connectivity index is 2.82. The molecule has 2 rings (SSSR count). The van der Waals surface area contributed by atoms with Gasteiger partial charge in [0.05, 0.1) is 21.9 Å². The van der Waals surface area contributed by atoms with Crippen molar-refractivity contribution in [1.29, 1.82) is 0 Å². The molecule has 1 atom stereocenters. The van der Waals surface area contributed by atoms with Gasteiger partial charge >= 0.3 is 5.97 Å². The second-order valence-electron chi connectivity index (χ2n) is 3.89. The van der Waals surface area contributed by atoms with Crippen LogP contribution in [0.25, 0.3) is 10.9 Å². The monoisotopic (exact) mass is 246 g/mol. The van der Waals surface area contributed by atoms with Crippen LogP contribution in [-0.2, 0) is 4.79 Å². The molecule has 0 bridgehead atoms. The molecule has 0 aliphatic rings. The van der Waals surface area contributed by atoms with Crippen LogP contribution in [0.1, 0.15) is 18.4 Å². The third-order valence-corrected chi connectivity index (χ3v) is 2.80. The maximum absolute atomic E-state index is 11.1. The number of carboxylic acids is 1. The van der Waals surface area contributed by atoms with Gasteiger partial charge in [0, 0.05) is 5.39 Å². The van der Waals surface area contributed by atoms with Crippen molar-refractivity contribution in [3.05, 3.63) is 46.1 Å². The second kappa shape index (κ2) is 4.40. The van der Waals surface area contributed by atoms with E-state index in [-0.39, 0.29) is 11.3 Å². The first-order valence-electron chi connectivity index (χ1n) is 5.27. The summed E-state index contributed by atoms with van der Waals surface area (Å²) < 4.78 is 0. The standard InChI is InChI=1S/C12H10N2O4/c1-7(12(15)16)11-8-4-2-3-5-9(8)13-6-10(11)14(17)18/h2-7H,1H3,(H,15,16). The zero-order chi connectivity index (χ0) is 13.3. The van der Waals surface area contributed by atoms with E-state index in [0.29, 0.717) is 10.9 Å². The Morgan fingerprint density at radius 1 is 1.44 bits per heavy atom. The maximum Gasteiger partial charge on any atom is 0.310 e. The lowest BCUT2D eigenvalue weighted by atomic mass is 9.96. The summed E-state index contributed by atoms with van der Waals surface area (Å²) in [6, 6.07) is 6.78. The number of rotatable bonds is 3. The quantitative estimate of drug-likeness (QED) is 0.662. The Kier molecular flexibility index (Phi) is 2.93. The van der Waals surface area contributed by atoms with Crippen LogP contribution in [0, 0.1) is 10.1 Å². The van der Waals surface area contributed by atoms with Crippen LogP contribution in [0.15, 0.2) is 30.5 Å². The van der Waals surface area contributed by atoms with Crippen molar-refractivity contribution in [2.75, 3.05) is 0 Å². The summed E-state index contributed by atoms with van der Waals surface area (Å²) >= 11 is 0. The zero-order valence-corrected chi connectivity index (χ0v) is 9.53. The summed E-state index contributed by atoms with van der Waals surface area (Å²) in [7, 11) is 0. The minimum atomic E-state index is -1.10. The van der Waals surface area contributed by atoms with Crippen molar-refractivity contribution in [2.24, 2.45) is 0 Å². The lowest BCUT2D eigenvalue weighted by Crippen LogP contribution is -2.11. The third kappa shape index (κ3) is 1.88. The van der Waals surface area contributed by atoms with E-state index in [2.05, 4.69) is 4.98 Å². The highest BCUT2D eigenvalue weighted by Crippen LogP contribution is 2.32. The number of pyridine rings is 1. The van der Waals surface area contributed by atoms with Crippen LogP contribution in [0.4, 0.5) is 5.69 Å². The molecule has 0 radical (unpaired) electrons. The summed E-state index contributed by atoms with van der Waals surface area (Å²) in [5, 5.41) is 20.5. The molecule has 1 aromatic heterocycles. The van der Waals surface area contributed by atoms with Gasteiger partial charge in [0.25, 0.3) is 5.69 Å². The van der Waals surface area contributed by atoms with Crippen molar-refractivity contribution in [1.82, 2.24) is 4.98 Å². The van der Waals surface area contributed by atoms with Crippen molar-refractivity contribution in [3.63, 3.8) is 0 Å². The van der Waals surface area contributed by atoms with Gasteiger partial charge in [0.1, 0.15) is 6.20 Å². The molecule has 0 fully saturated rings. The summed E-state index contributed by atoms with van der Waals surface area (Å²) in [4.78, 5) is 25.4. The van der Waals surface area contributed by atoms with Crippen LogP contribution in [0.2, 0.25) is 0 Å².